The molecule has 2 aliphatic heterocycles. The van der Waals surface area contributed by atoms with Gasteiger partial charge >= 0.3 is 0 Å². The zero-order valence-corrected chi connectivity index (χ0v) is 14.7. The lowest BCUT2D eigenvalue weighted by Gasteiger charge is -2.37. The number of rotatable bonds is 2. The fraction of sp³-hybridized carbons (Fsp3) is 0.562. The first-order chi connectivity index (χ1) is 10.9. The van der Waals surface area contributed by atoms with Crippen molar-refractivity contribution in [3.8, 4) is 0 Å². The number of nitrogens with zero attached hydrogens (tertiary/aromatic N) is 2. The van der Waals surface area contributed by atoms with Crippen LogP contribution in [0.5, 0.6) is 0 Å². The summed E-state index contributed by atoms with van der Waals surface area (Å²) in [6.45, 7) is 4.79. The molecule has 0 saturated carbocycles. The molecule has 0 bridgehead atoms. The molecule has 23 heavy (non-hydrogen) atoms. The van der Waals surface area contributed by atoms with Gasteiger partial charge in [0, 0.05) is 36.9 Å². The number of hydrogen-bond donors (Lipinski definition) is 0. The third-order valence-electron chi connectivity index (χ3n) is 4.68. The van der Waals surface area contributed by atoms with Crippen molar-refractivity contribution in [1.82, 2.24) is 4.90 Å². The molecule has 2 heterocycles. The molecule has 0 spiro atoms. The third kappa shape index (κ3) is 3.63. The third-order valence-corrected chi connectivity index (χ3v) is 6.69. The highest BCUT2D eigenvalue weighted by Crippen LogP contribution is 2.26. The molecule has 0 unspecified atom stereocenters. The molecular formula is C16H21ClN2O3S. The summed E-state index contributed by atoms with van der Waals surface area (Å²) in [5.74, 6) is -0.196. The molecular weight excluding hydrogens is 336 g/mol. The van der Waals surface area contributed by atoms with E-state index in [-0.39, 0.29) is 23.3 Å². The molecule has 2 aliphatic rings. The minimum absolute atomic E-state index is 0.00598. The van der Waals surface area contributed by atoms with E-state index in [2.05, 4.69) is 4.90 Å². The molecule has 0 aliphatic carbocycles. The number of carbonyl (C=O) groups excluding carboxylic acids is 1. The van der Waals surface area contributed by atoms with Crippen LogP contribution in [-0.4, -0.2) is 56.9 Å². The molecule has 3 rings (SSSR count). The van der Waals surface area contributed by atoms with Crippen molar-refractivity contribution in [2.24, 2.45) is 5.92 Å². The highest BCUT2D eigenvalue weighted by atomic mass is 35.5. The summed E-state index contributed by atoms with van der Waals surface area (Å²) < 4.78 is 23.1. The molecule has 0 aromatic heterocycles. The molecule has 7 heteroatoms. The summed E-state index contributed by atoms with van der Waals surface area (Å²) >= 11 is 6.08. The fourth-order valence-corrected chi connectivity index (χ4v) is 5.24. The van der Waals surface area contributed by atoms with Gasteiger partial charge in [0.1, 0.15) is 0 Å². The van der Waals surface area contributed by atoms with E-state index in [1.165, 1.54) is 0 Å². The Morgan fingerprint density at radius 1 is 1.22 bits per heavy atom. The van der Waals surface area contributed by atoms with Gasteiger partial charge < -0.3 is 9.80 Å². The summed E-state index contributed by atoms with van der Waals surface area (Å²) in [6.07, 6.45) is 0.467. The summed E-state index contributed by atoms with van der Waals surface area (Å²) in [4.78, 5) is 16.5. The lowest BCUT2D eigenvalue weighted by Crippen LogP contribution is -2.50. The molecule has 1 atom stereocenters. The van der Waals surface area contributed by atoms with Crippen LogP contribution in [0.25, 0.3) is 0 Å². The normalized spacial score (nSPS) is 24.0. The van der Waals surface area contributed by atoms with E-state index in [9.17, 15) is 13.2 Å². The van der Waals surface area contributed by atoms with E-state index in [1.54, 1.807) is 0 Å². The maximum Gasteiger partial charge on any atom is 0.226 e. The molecule has 0 N–H and O–H groups in total. The Labute approximate surface area is 142 Å². The number of aryl methyl sites for hydroxylation is 1. The summed E-state index contributed by atoms with van der Waals surface area (Å²) in [5, 5.41) is 0.709. The first-order valence-electron chi connectivity index (χ1n) is 7.86. The van der Waals surface area contributed by atoms with Crippen molar-refractivity contribution in [3.05, 3.63) is 28.8 Å². The monoisotopic (exact) mass is 356 g/mol. The number of benzene rings is 1. The van der Waals surface area contributed by atoms with Crippen LogP contribution < -0.4 is 4.90 Å². The molecule has 126 valence electrons. The Kier molecular flexibility index (Phi) is 4.56. The second kappa shape index (κ2) is 6.32. The number of piperazine rings is 1. The van der Waals surface area contributed by atoms with E-state index < -0.39 is 9.84 Å². The Bertz CT molecular complexity index is 712. The minimum Gasteiger partial charge on any atom is -0.368 e. The maximum atomic E-state index is 12.5. The lowest BCUT2D eigenvalue weighted by molar-refractivity contribution is -0.135. The quantitative estimate of drug-likeness (QED) is 0.809. The lowest BCUT2D eigenvalue weighted by atomic mass is 10.1. The second-order valence-electron chi connectivity index (χ2n) is 6.34. The van der Waals surface area contributed by atoms with E-state index >= 15 is 0 Å². The van der Waals surface area contributed by atoms with Gasteiger partial charge in [0.05, 0.1) is 17.4 Å². The SMILES string of the molecule is Cc1ccc(Cl)cc1N1CCN(C(=O)[C@H]2CCS(=O)(=O)C2)CC1. The summed E-state index contributed by atoms with van der Waals surface area (Å²) in [5.41, 5.74) is 2.27. The van der Waals surface area contributed by atoms with Gasteiger partial charge in [-0.25, -0.2) is 8.42 Å². The zero-order chi connectivity index (χ0) is 16.6. The van der Waals surface area contributed by atoms with Crippen LogP contribution in [-0.2, 0) is 14.6 Å². The predicted octanol–water partition coefficient (Wildman–Crippen LogP) is 1.73. The molecule has 1 aromatic rings. The highest BCUT2D eigenvalue weighted by Gasteiger charge is 2.36. The molecule has 1 aromatic carbocycles. The van der Waals surface area contributed by atoms with Gasteiger partial charge in [0.15, 0.2) is 9.84 Å². The highest BCUT2D eigenvalue weighted by molar-refractivity contribution is 7.91. The fourth-order valence-electron chi connectivity index (χ4n) is 3.34. The number of carbonyl (C=O) groups is 1. The smallest absolute Gasteiger partial charge is 0.226 e. The van der Waals surface area contributed by atoms with Crippen molar-refractivity contribution >= 4 is 33.0 Å². The number of sulfone groups is 1. The average Bonchev–Trinajstić information content (AvgIpc) is 2.89. The molecule has 0 radical (unpaired) electrons. The predicted molar refractivity (Wildman–Crippen MR) is 91.7 cm³/mol. The first kappa shape index (κ1) is 16.6. The van der Waals surface area contributed by atoms with Crippen LogP contribution in [0.4, 0.5) is 5.69 Å². The Hall–Kier alpha value is -1.27. The summed E-state index contributed by atoms with van der Waals surface area (Å²) in [6, 6.07) is 5.83. The number of halogens is 1. The standard InChI is InChI=1S/C16H21ClN2O3S/c1-12-2-3-14(17)10-15(12)18-5-7-19(8-6-18)16(20)13-4-9-23(21,22)11-13/h2-3,10,13H,4-9,11H2,1H3/t13-/m0/s1. The van der Waals surface area contributed by atoms with Crippen molar-refractivity contribution in [2.75, 3.05) is 42.6 Å². The van der Waals surface area contributed by atoms with Crippen LogP contribution in [0.3, 0.4) is 0 Å². The van der Waals surface area contributed by atoms with Gasteiger partial charge in [0.2, 0.25) is 5.91 Å². The van der Waals surface area contributed by atoms with Crippen LogP contribution in [0, 0.1) is 12.8 Å². The molecule has 2 fully saturated rings. The molecule has 5 nitrogen and oxygen atoms in total. The van der Waals surface area contributed by atoms with E-state index in [0.717, 1.165) is 24.3 Å². The van der Waals surface area contributed by atoms with Crippen LogP contribution in [0.1, 0.15) is 12.0 Å². The number of hydrogen-bond acceptors (Lipinski definition) is 4. The molecule has 2 saturated heterocycles. The van der Waals surface area contributed by atoms with Crippen molar-refractivity contribution in [1.29, 1.82) is 0 Å². The van der Waals surface area contributed by atoms with Gasteiger partial charge in [-0.3, -0.25) is 4.79 Å². The largest absolute Gasteiger partial charge is 0.368 e. The second-order valence-corrected chi connectivity index (χ2v) is 9.01. The van der Waals surface area contributed by atoms with Crippen molar-refractivity contribution in [3.63, 3.8) is 0 Å². The van der Waals surface area contributed by atoms with Gasteiger partial charge in [-0.2, -0.15) is 0 Å². The van der Waals surface area contributed by atoms with E-state index in [1.807, 2.05) is 30.0 Å². The van der Waals surface area contributed by atoms with Crippen LogP contribution in [0.2, 0.25) is 5.02 Å². The topological polar surface area (TPSA) is 57.7 Å². The number of amides is 1. The van der Waals surface area contributed by atoms with E-state index in [4.69, 9.17) is 11.6 Å². The number of anilines is 1. The first-order valence-corrected chi connectivity index (χ1v) is 10.1. The Morgan fingerprint density at radius 2 is 1.91 bits per heavy atom. The van der Waals surface area contributed by atoms with Crippen LogP contribution >= 0.6 is 11.6 Å². The van der Waals surface area contributed by atoms with Crippen molar-refractivity contribution < 1.29 is 13.2 Å². The minimum atomic E-state index is -3.02. The van der Waals surface area contributed by atoms with Crippen LogP contribution in [0.15, 0.2) is 18.2 Å². The Balaban J connectivity index is 1.62. The van der Waals surface area contributed by atoms with Gasteiger partial charge in [0.25, 0.3) is 0 Å². The summed E-state index contributed by atoms with van der Waals surface area (Å²) in [7, 11) is -3.02. The molecule has 1 amide bonds. The zero-order valence-electron chi connectivity index (χ0n) is 13.2. The van der Waals surface area contributed by atoms with E-state index in [0.29, 0.717) is 24.5 Å². The average molecular weight is 357 g/mol. The van der Waals surface area contributed by atoms with Gasteiger partial charge in [-0.05, 0) is 31.0 Å². The maximum absolute atomic E-state index is 12.5. The van der Waals surface area contributed by atoms with Gasteiger partial charge in [-0.15, -0.1) is 0 Å². The van der Waals surface area contributed by atoms with Gasteiger partial charge in [-0.1, -0.05) is 17.7 Å². The van der Waals surface area contributed by atoms with Crippen molar-refractivity contribution in [2.45, 2.75) is 13.3 Å². The Morgan fingerprint density at radius 3 is 2.52 bits per heavy atom.